The van der Waals surface area contributed by atoms with Crippen molar-refractivity contribution >= 4 is 29.1 Å². The van der Waals surface area contributed by atoms with Crippen LogP contribution in [0.25, 0.3) is 0 Å². The lowest BCUT2D eigenvalue weighted by Crippen LogP contribution is -2.47. The molecule has 0 unspecified atom stereocenters. The second kappa shape index (κ2) is 6.15. The van der Waals surface area contributed by atoms with E-state index < -0.39 is 0 Å². The number of nitrogens with one attached hydrogen (secondary N) is 1. The summed E-state index contributed by atoms with van der Waals surface area (Å²) in [6.45, 7) is 3.81. The molecule has 3 rings (SSSR count). The lowest BCUT2D eigenvalue weighted by molar-refractivity contribution is 0.0496. The number of carbonyl (C=O) groups excluding carboxylic acids is 1. The van der Waals surface area contributed by atoms with E-state index in [0.717, 1.165) is 39.0 Å². The van der Waals surface area contributed by atoms with E-state index in [1.165, 1.54) is 12.8 Å². The fourth-order valence-corrected chi connectivity index (χ4v) is 4.06. The van der Waals surface area contributed by atoms with Crippen LogP contribution in [0.1, 0.15) is 36.0 Å². The van der Waals surface area contributed by atoms with Gasteiger partial charge < -0.3 is 10.2 Å². The maximum atomic E-state index is 12.7. The molecule has 5 heteroatoms. The molecular formula is C16H20Cl2N2O. The van der Waals surface area contributed by atoms with Gasteiger partial charge >= 0.3 is 0 Å². The zero-order chi connectivity index (χ0) is 14.9. The summed E-state index contributed by atoms with van der Waals surface area (Å²) in [4.78, 5) is 14.6. The Hall–Kier alpha value is -0.770. The number of likely N-dealkylation sites (tertiary alicyclic amines) is 1. The summed E-state index contributed by atoms with van der Waals surface area (Å²) < 4.78 is 0. The van der Waals surface area contributed by atoms with Gasteiger partial charge in [0.15, 0.2) is 0 Å². The fraction of sp³-hybridized carbons (Fsp3) is 0.562. The summed E-state index contributed by atoms with van der Waals surface area (Å²) in [5, 5.41) is 4.29. The number of hydrogen-bond donors (Lipinski definition) is 1. The SMILES string of the molecule is O=C(c1c(Cl)cccc1Cl)N1CCC2(CCNCC2)CC1. The molecular weight excluding hydrogens is 307 g/mol. The Morgan fingerprint density at radius 2 is 1.62 bits per heavy atom. The molecule has 0 radical (unpaired) electrons. The van der Waals surface area contributed by atoms with E-state index in [2.05, 4.69) is 5.32 Å². The standard InChI is InChI=1S/C16H20Cl2N2O/c17-12-2-1-3-13(18)14(12)15(21)20-10-6-16(7-11-20)4-8-19-9-5-16/h1-3,19H,4-11H2. The summed E-state index contributed by atoms with van der Waals surface area (Å²) in [7, 11) is 0. The zero-order valence-corrected chi connectivity index (χ0v) is 13.5. The van der Waals surface area contributed by atoms with Gasteiger partial charge in [-0.3, -0.25) is 4.79 Å². The highest BCUT2D eigenvalue weighted by Crippen LogP contribution is 2.40. The van der Waals surface area contributed by atoms with E-state index in [-0.39, 0.29) is 5.91 Å². The zero-order valence-electron chi connectivity index (χ0n) is 12.0. The van der Waals surface area contributed by atoms with Crippen molar-refractivity contribution in [2.24, 2.45) is 5.41 Å². The second-order valence-electron chi connectivity index (χ2n) is 6.14. The molecule has 114 valence electrons. The lowest BCUT2D eigenvalue weighted by Gasteiger charge is -2.44. The van der Waals surface area contributed by atoms with Gasteiger partial charge in [-0.15, -0.1) is 0 Å². The van der Waals surface area contributed by atoms with Gasteiger partial charge in [0.25, 0.3) is 5.91 Å². The molecule has 1 spiro atoms. The topological polar surface area (TPSA) is 32.3 Å². The van der Waals surface area contributed by atoms with Crippen molar-refractivity contribution in [2.45, 2.75) is 25.7 Å². The van der Waals surface area contributed by atoms with E-state index in [1.54, 1.807) is 18.2 Å². The minimum absolute atomic E-state index is 0.0330. The second-order valence-corrected chi connectivity index (χ2v) is 6.95. The number of hydrogen-bond acceptors (Lipinski definition) is 2. The van der Waals surface area contributed by atoms with Gasteiger partial charge in [0.1, 0.15) is 0 Å². The smallest absolute Gasteiger partial charge is 0.256 e. The van der Waals surface area contributed by atoms with E-state index in [9.17, 15) is 4.79 Å². The van der Waals surface area contributed by atoms with Crippen LogP contribution in [0.4, 0.5) is 0 Å². The predicted molar refractivity (Wildman–Crippen MR) is 86.1 cm³/mol. The van der Waals surface area contributed by atoms with Gasteiger partial charge in [-0.1, -0.05) is 29.3 Å². The third-order valence-corrected chi connectivity index (χ3v) is 5.58. The van der Waals surface area contributed by atoms with E-state index >= 15 is 0 Å². The van der Waals surface area contributed by atoms with Crippen LogP contribution in [-0.4, -0.2) is 37.0 Å². The van der Waals surface area contributed by atoms with Crippen LogP contribution in [0.2, 0.25) is 10.0 Å². The highest BCUT2D eigenvalue weighted by atomic mass is 35.5. The van der Waals surface area contributed by atoms with Gasteiger partial charge in [-0.05, 0) is 56.3 Å². The van der Waals surface area contributed by atoms with E-state index in [4.69, 9.17) is 23.2 Å². The summed E-state index contributed by atoms with van der Waals surface area (Å²) in [6, 6.07) is 5.21. The molecule has 21 heavy (non-hydrogen) atoms. The van der Waals surface area contributed by atoms with Crippen LogP contribution < -0.4 is 5.32 Å². The quantitative estimate of drug-likeness (QED) is 0.855. The van der Waals surface area contributed by atoms with Crippen molar-refractivity contribution in [3.05, 3.63) is 33.8 Å². The normalized spacial score (nSPS) is 21.5. The van der Waals surface area contributed by atoms with Crippen LogP contribution in [0.5, 0.6) is 0 Å². The third-order valence-electron chi connectivity index (χ3n) is 4.95. The molecule has 0 bridgehead atoms. The van der Waals surface area contributed by atoms with Gasteiger partial charge in [0.2, 0.25) is 0 Å². The lowest BCUT2D eigenvalue weighted by atomic mass is 9.71. The van der Waals surface area contributed by atoms with Crippen molar-refractivity contribution in [1.82, 2.24) is 10.2 Å². The molecule has 3 nitrogen and oxygen atoms in total. The molecule has 0 atom stereocenters. The Balaban J connectivity index is 1.70. The van der Waals surface area contributed by atoms with E-state index in [0.29, 0.717) is 21.0 Å². The number of rotatable bonds is 1. The van der Waals surface area contributed by atoms with Crippen molar-refractivity contribution < 1.29 is 4.79 Å². The Bertz CT molecular complexity index is 511. The Morgan fingerprint density at radius 3 is 2.19 bits per heavy atom. The highest BCUT2D eigenvalue weighted by molar-refractivity contribution is 6.39. The fourth-order valence-electron chi connectivity index (χ4n) is 3.50. The van der Waals surface area contributed by atoms with Crippen molar-refractivity contribution in [3.8, 4) is 0 Å². The number of nitrogens with zero attached hydrogens (tertiary/aromatic N) is 1. The minimum Gasteiger partial charge on any atom is -0.339 e. The highest BCUT2D eigenvalue weighted by Gasteiger charge is 2.37. The largest absolute Gasteiger partial charge is 0.339 e. The number of halogens is 2. The first kappa shape index (κ1) is 15.1. The molecule has 2 fully saturated rings. The minimum atomic E-state index is -0.0330. The first-order chi connectivity index (χ1) is 10.1. The Labute approximate surface area is 135 Å². The third kappa shape index (κ3) is 3.05. The Morgan fingerprint density at radius 1 is 1.05 bits per heavy atom. The molecule has 1 aromatic carbocycles. The molecule has 2 heterocycles. The maximum Gasteiger partial charge on any atom is 0.256 e. The molecule has 2 aliphatic rings. The van der Waals surface area contributed by atoms with Crippen LogP contribution in [0.15, 0.2) is 18.2 Å². The summed E-state index contributed by atoms with van der Waals surface area (Å²) in [5.74, 6) is -0.0330. The predicted octanol–water partition coefficient (Wildman–Crippen LogP) is 3.60. The van der Waals surface area contributed by atoms with Crippen molar-refractivity contribution in [1.29, 1.82) is 0 Å². The first-order valence-corrected chi connectivity index (χ1v) is 8.31. The van der Waals surface area contributed by atoms with Crippen LogP contribution in [0.3, 0.4) is 0 Å². The monoisotopic (exact) mass is 326 g/mol. The molecule has 1 amide bonds. The van der Waals surface area contributed by atoms with Gasteiger partial charge in [0.05, 0.1) is 15.6 Å². The first-order valence-electron chi connectivity index (χ1n) is 7.55. The molecule has 2 saturated heterocycles. The number of piperidine rings is 2. The van der Waals surface area contributed by atoms with Crippen molar-refractivity contribution in [2.75, 3.05) is 26.2 Å². The van der Waals surface area contributed by atoms with Crippen molar-refractivity contribution in [3.63, 3.8) is 0 Å². The Kier molecular flexibility index (Phi) is 4.43. The summed E-state index contributed by atoms with van der Waals surface area (Å²) >= 11 is 12.3. The molecule has 2 aliphatic heterocycles. The number of carbonyl (C=O) groups is 1. The van der Waals surface area contributed by atoms with Crippen LogP contribution in [-0.2, 0) is 0 Å². The van der Waals surface area contributed by atoms with Crippen LogP contribution in [0, 0.1) is 5.41 Å². The molecule has 0 saturated carbocycles. The average molecular weight is 327 g/mol. The number of benzene rings is 1. The summed E-state index contributed by atoms with van der Waals surface area (Å²) in [5.41, 5.74) is 0.883. The molecule has 0 aromatic heterocycles. The summed E-state index contributed by atoms with van der Waals surface area (Å²) in [6.07, 6.45) is 4.62. The molecule has 0 aliphatic carbocycles. The maximum absolute atomic E-state index is 12.7. The van der Waals surface area contributed by atoms with Gasteiger partial charge in [0, 0.05) is 13.1 Å². The van der Waals surface area contributed by atoms with E-state index in [1.807, 2.05) is 4.90 Å². The molecule has 1 N–H and O–H groups in total. The molecule has 1 aromatic rings. The van der Waals surface area contributed by atoms with Crippen LogP contribution >= 0.6 is 23.2 Å². The van der Waals surface area contributed by atoms with Gasteiger partial charge in [-0.25, -0.2) is 0 Å². The number of amides is 1. The average Bonchev–Trinajstić information content (AvgIpc) is 2.48. The van der Waals surface area contributed by atoms with Gasteiger partial charge in [-0.2, -0.15) is 0 Å².